The standard InChI is InChI=1S/C17H19BrN2O3/c1-2-15(11-21)20(16-9-8-14(18)10-19-16)17(22)23-12-13-6-4-3-5-7-13/h3-10,15,21H,2,11-12H2,1H3/t15-/m1/s1. The van der Waals surface area contributed by atoms with Gasteiger partial charge < -0.3 is 9.84 Å². The summed E-state index contributed by atoms with van der Waals surface area (Å²) >= 11 is 3.32. The van der Waals surface area contributed by atoms with Gasteiger partial charge in [0.25, 0.3) is 0 Å². The second-order valence-corrected chi connectivity index (χ2v) is 5.91. The molecule has 0 saturated heterocycles. The number of ether oxygens (including phenoxy) is 1. The van der Waals surface area contributed by atoms with Crippen molar-refractivity contribution < 1.29 is 14.6 Å². The normalized spacial score (nSPS) is 11.8. The quantitative estimate of drug-likeness (QED) is 0.830. The minimum Gasteiger partial charge on any atom is -0.444 e. The van der Waals surface area contributed by atoms with E-state index in [-0.39, 0.29) is 19.3 Å². The molecule has 122 valence electrons. The molecule has 0 aliphatic heterocycles. The molecular weight excluding hydrogens is 360 g/mol. The monoisotopic (exact) mass is 378 g/mol. The van der Waals surface area contributed by atoms with Crippen LogP contribution in [-0.4, -0.2) is 28.8 Å². The first-order valence-corrected chi connectivity index (χ1v) is 8.17. The molecule has 1 heterocycles. The summed E-state index contributed by atoms with van der Waals surface area (Å²) in [5.41, 5.74) is 0.904. The van der Waals surface area contributed by atoms with Gasteiger partial charge in [-0.05, 0) is 40.0 Å². The van der Waals surface area contributed by atoms with Gasteiger partial charge in [-0.25, -0.2) is 9.78 Å². The van der Waals surface area contributed by atoms with Crippen LogP contribution in [0.4, 0.5) is 10.6 Å². The van der Waals surface area contributed by atoms with E-state index in [1.165, 1.54) is 4.90 Å². The number of halogens is 1. The van der Waals surface area contributed by atoms with E-state index < -0.39 is 6.09 Å². The van der Waals surface area contributed by atoms with Crippen molar-refractivity contribution in [3.63, 3.8) is 0 Å². The molecule has 0 spiro atoms. The van der Waals surface area contributed by atoms with Crippen LogP contribution in [0.2, 0.25) is 0 Å². The van der Waals surface area contributed by atoms with Crippen molar-refractivity contribution >= 4 is 27.8 Å². The highest BCUT2D eigenvalue weighted by Crippen LogP contribution is 2.20. The zero-order chi connectivity index (χ0) is 16.7. The van der Waals surface area contributed by atoms with E-state index in [2.05, 4.69) is 20.9 Å². The largest absolute Gasteiger partial charge is 0.444 e. The molecule has 0 saturated carbocycles. The van der Waals surface area contributed by atoms with Crippen molar-refractivity contribution in [3.8, 4) is 0 Å². The van der Waals surface area contributed by atoms with Gasteiger partial charge in [-0.3, -0.25) is 4.90 Å². The maximum atomic E-state index is 12.5. The van der Waals surface area contributed by atoms with E-state index in [0.29, 0.717) is 12.2 Å². The number of nitrogens with zero attached hydrogens (tertiary/aromatic N) is 2. The maximum absolute atomic E-state index is 12.5. The van der Waals surface area contributed by atoms with E-state index in [1.807, 2.05) is 37.3 Å². The Morgan fingerprint density at radius 1 is 1.30 bits per heavy atom. The number of anilines is 1. The summed E-state index contributed by atoms with van der Waals surface area (Å²) in [6.45, 7) is 1.92. The third-order valence-electron chi connectivity index (χ3n) is 3.41. The molecule has 1 atom stereocenters. The van der Waals surface area contributed by atoms with Crippen molar-refractivity contribution in [1.82, 2.24) is 4.98 Å². The average molecular weight is 379 g/mol. The van der Waals surface area contributed by atoms with Gasteiger partial charge in [-0.2, -0.15) is 0 Å². The Kier molecular flexibility index (Phi) is 6.55. The predicted molar refractivity (Wildman–Crippen MR) is 92.2 cm³/mol. The molecule has 6 heteroatoms. The van der Waals surface area contributed by atoms with Gasteiger partial charge in [-0.1, -0.05) is 37.3 Å². The Morgan fingerprint density at radius 3 is 2.61 bits per heavy atom. The highest BCUT2D eigenvalue weighted by Gasteiger charge is 2.26. The fourth-order valence-electron chi connectivity index (χ4n) is 2.12. The number of hydrogen-bond acceptors (Lipinski definition) is 4. The third kappa shape index (κ3) is 4.77. The Hall–Kier alpha value is -1.92. The van der Waals surface area contributed by atoms with Crippen LogP contribution < -0.4 is 4.90 Å². The lowest BCUT2D eigenvalue weighted by Gasteiger charge is -2.28. The molecule has 1 N–H and O–H groups in total. The van der Waals surface area contributed by atoms with Crippen LogP contribution in [0.15, 0.2) is 53.1 Å². The van der Waals surface area contributed by atoms with Crippen LogP contribution in [0, 0.1) is 0 Å². The number of hydrogen-bond donors (Lipinski definition) is 1. The smallest absolute Gasteiger partial charge is 0.416 e. The van der Waals surface area contributed by atoms with E-state index in [9.17, 15) is 9.90 Å². The fourth-order valence-corrected chi connectivity index (χ4v) is 2.36. The van der Waals surface area contributed by atoms with Crippen LogP contribution in [0.1, 0.15) is 18.9 Å². The topological polar surface area (TPSA) is 62.7 Å². The van der Waals surface area contributed by atoms with Crippen LogP contribution in [0.5, 0.6) is 0 Å². The van der Waals surface area contributed by atoms with Gasteiger partial charge >= 0.3 is 6.09 Å². The van der Waals surface area contributed by atoms with E-state index >= 15 is 0 Å². The van der Waals surface area contributed by atoms with E-state index in [0.717, 1.165) is 10.0 Å². The summed E-state index contributed by atoms with van der Waals surface area (Å²) in [5.74, 6) is 0.451. The molecular formula is C17H19BrN2O3. The molecule has 0 fully saturated rings. The molecule has 2 rings (SSSR count). The second-order valence-electron chi connectivity index (χ2n) is 4.99. The summed E-state index contributed by atoms with van der Waals surface area (Å²) in [6.07, 6.45) is 1.68. The highest BCUT2D eigenvalue weighted by molar-refractivity contribution is 9.10. The predicted octanol–water partition coefficient (Wildman–Crippen LogP) is 3.76. The van der Waals surface area contributed by atoms with Crippen LogP contribution >= 0.6 is 15.9 Å². The molecule has 1 aromatic heterocycles. The molecule has 0 radical (unpaired) electrons. The zero-order valence-electron chi connectivity index (χ0n) is 12.9. The molecule has 23 heavy (non-hydrogen) atoms. The number of carbonyl (C=O) groups is 1. The molecule has 1 aromatic carbocycles. The van der Waals surface area contributed by atoms with Crippen molar-refractivity contribution in [2.24, 2.45) is 0 Å². The number of benzene rings is 1. The minimum atomic E-state index is -0.524. The van der Waals surface area contributed by atoms with Crippen molar-refractivity contribution in [3.05, 3.63) is 58.7 Å². The SMILES string of the molecule is CC[C@H](CO)N(C(=O)OCc1ccccc1)c1ccc(Br)cn1. The number of aliphatic hydroxyl groups is 1. The van der Waals surface area contributed by atoms with Crippen LogP contribution in [0.25, 0.3) is 0 Å². The fraction of sp³-hybridized carbons (Fsp3) is 0.294. The molecule has 5 nitrogen and oxygen atoms in total. The summed E-state index contributed by atoms with van der Waals surface area (Å²) < 4.78 is 6.20. The summed E-state index contributed by atoms with van der Waals surface area (Å²) in [5, 5.41) is 9.56. The molecule has 1 amide bonds. The van der Waals surface area contributed by atoms with E-state index in [1.54, 1.807) is 18.3 Å². The first kappa shape index (κ1) is 17.4. The number of carbonyl (C=O) groups excluding carboxylic acids is 1. The maximum Gasteiger partial charge on any atom is 0.416 e. The van der Waals surface area contributed by atoms with Gasteiger partial charge in [0.1, 0.15) is 12.4 Å². The molecule has 0 aliphatic rings. The Labute approximate surface area is 144 Å². The first-order valence-electron chi connectivity index (χ1n) is 7.38. The van der Waals surface area contributed by atoms with Gasteiger partial charge in [0.2, 0.25) is 0 Å². The van der Waals surface area contributed by atoms with Gasteiger partial charge in [0.15, 0.2) is 0 Å². The van der Waals surface area contributed by atoms with Crippen LogP contribution in [0.3, 0.4) is 0 Å². The Morgan fingerprint density at radius 2 is 2.04 bits per heavy atom. The van der Waals surface area contributed by atoms with Gasteiger partial charge in [0.05, 0.1) is 12.6 Å². The lowest BCUT2D eigenvalue weighted by atomic mass is 10.2. The number of amides is 1. The second kappa shape index (κ2) is 8.64. The highest BCUT2D eigenvalue weighted by atomic mass is 79.9. The number of rotatable bonds is 6. The minimum absolute atomic E-state index is 0.158. The zero-order valence-corrected chi connectivity index (χ0v) is 14.4. The first-order chi connectivity index (χ1) is 11.2. The summed E-state index contributed by atoms with van der Waals surface area (Å²) in [4.78, 5) is 18.1. The molecule has 0 aliphatic carbocycles. The average Bonchev–Trinajstić information content (AvgIpc) is 2.59. The van der Waals surface area contributed by atoms with Crippen molar-refractivity contribution in [2.45, 2.75) is 26.0 Å². The lowest BCUT2D eigenvalue weighted by Crippen LogP contribution is -2.43. The Bertz CT molecular complexity index is 615. The Balaban J connectivity index is 2.15. The third-order valence-corrected chi connectivity index (χ3v) is 3.88. The van der Waals surface area contributed by atoms with Gasteiger partial charge in [-0.15, -0.1) is 0 Å². The van der Waals surface area contributed by atoms with Crippen LogP contribution in [-0.2, 0) is 11.3 Å². The summed E-state index contributed by atoms with van der Waals surface area (Å²) in [6, 6.07) is 12.6. The molecule has 0 bridgehead atoms. The lowest BCUT2D eigenvalue weighted by molar-refractivity contribution is 0.139. The molecule has 2 aromatic rings. The van der Waals surface area contributed by atoms with Crippen molar-refractivity contribution in [2.75, 3.05) is 11.5 Å². The number of aromatic nitrogens is 1. The molecule has 0 unspecified atom stereocenters. The van der Waals surface area contributed by atoms with Gasteiger partial charge in [0, 0.05) is 10.7 Å². The van der Waals surface area contributed by atoms with E-state index in [4.69, 9.17) is 4.74 Å². The number of aliphatic hydroxyl groups excluding tert-OH is 1. The summed E-state index contributed by atoms with van der Waals surface area (Å²) in [7, 11) is 0. The number of pyridine rings is 1. The van der Waals surface area contributed by atoms with Crippen molar-refractivity contribution in [1.29, 1.82) is 0 Å².